The zero-order chi connectivity index (χ0) is 15.2. The first-order chi connectivity index (χ1) is 10.2. The summed E-state index contributed by atoms with van der Waals surface area (Å²) in [6.45, 7) is 6.29. The van der Waals surface area contributed by atoms with Crippen LogP contribution in [0.5, 0.6) is 0 Å². The number of aryl methyl sites for hydroxylation is 1. The van der Waals surface area contributed by atoms with Gasteiger partial charge in [-0.05, 0) is 37.7 Å². The lowest BCUT2D eigenvalue weighted by atomic mass is 10.2. The number of amides is 1. The Morgan fingerprint density at radius 3 is 2.71 bits per heavy atom. The highest BCUT2D eigenvalue weighted by Gasteiger charge is 2.27. The Balaban J connectivity index is 2.13. The molecule has 0 radical (unpaired) electrons. The molecule has 0 aromatic carbocycles. The van der Waals surface area contributed by atoms with Gasteiger partial charge in [0, 0.05) is 25.7 Å². The number of hydrogen-bond donors (Lipinski definition) is 0. The molecule has 0 bridgehead atoms. The number of carbonyl (C=O) groups excluding carboxylic acids is 1. The lowest BCUT2D eigenvalue weighted by Gasteiger charge is -2.21. The van der Waals surface area contributed by atoms with E-state index in [0.29, 0.717) is 18.2 Å². The van der Waals surface area contributed by atoms with E-state index in [1.54, 1.807) is 6.07 Å². The van der Waals surface area contributed by atoms with Gasteiger partial charge in [-0.25, -0.2) is 4.68 Å². The molecule has 0 spiro atoms. The van der Waals surface area contributed by atoms with Crippen molar-refractivity contribution in [3.63, 3.8) is 0 Å². The van der Waals surface area contributed by atoms with Crippen molar-refractivity contribution in [3.05, 3.63) is 28.2 Å². The minimum Gasteiger partial charge on any atom is -0.337 e. The number of rotatable bonds is 8. The molecule has 116 valence electrons. The van der Waals surface area contributed by atoms with Crippen molar-refractivity contribution in [2.24, 2.45) is 5.92 Å². The van der Waals surface area contributed by atoms with Crippen LogP contribution in [-0.2, 0) is 6.54 Å². The molecule has 5 nitrogen and oxygen atoms in total. The average molecular weight is 291 g/mol. The van der Waals surface area contributed by atoms with E-state index in [4.69, 9.17) is 0 Å². The van der Waals surface area contributed by atoms with Crippen molar-refractivity contribution < 1.29 is 4.79 Å². The molecule has 1 aromatic heterocycles. The molecule has 1 aromatic rings. The molecule has 2 rings (SSSR count). The van der Waals surface area contributed by atoms with Crippen LogP contribution in [0.15, 0.2) is 16.9 Å². The van der Waals surface area contributed by atoms with E-state index in [0.717, 1.165) is 32.4 Å². The highest BCUT2D eigenvalue weighted by Crippen LogP contribution is 2.30. The van der Waals surface area contributed by atoms with Crippen molar-refractivity contribution in [1.29, 1.82) is 0 Å². The van der Waals surface area contributed by atoms with Gasteiger partial charge < -0.3 is 4.90 Å². The van der Waals surface area contributed by atoms with Crippen LogP contribution in [0, 0.1) is 5.92 Å². The average Bonchev–Trinajstić information content (AvgIpc) is 3.29. The predicted octanol–water partition coefficient (Wildman–Crippen LogP) is 2.31. The Bertz CT molecular complexity index is 535. The SMILES string of the molecule is CCCCn1nc(C(=O)N(CCC)CC2CC2)ccc1=O. The largest absolute Gasteiger partial charge is 0.337 e. The molecular weight excluding hydrogens is 266 g/mol. The first-order valence-electron chi connectivity index (χ1n) is 8.03. The maximum Gasteiger partial charge on any atom is 0.274 e. The van der Waals surface area contributed by atoms with E-state index in [2.05, 4.69) is 18.9 Å². The summed E-state index contributed by atoms with van der Waals surface area (Å²) in [5, 5.41) is 4.25. The topological polar surface area (TPSA) is 55.2 Å². The summed E-state index contributed by atoms with van der Waals surface area (Å²) in [6, 6.07) is 3.01. The van der Waals surface area contributed by atoms with E-state index in [1.807, 2.05) is 4.90 Å². The highest BCUT2D eigenvalue weighted by atomic mass is 16.2. The Morgan fingerprint density at radius 1 is 1.33 bits per heavy atom. The normalized spacial score (nSPS) is 14.2. The highest BCUT2D eigenvalue weighted by molar-refractivity contribution is 5.92. The molecule has 21 heavy (non-hydrogen) atoms. The molecule has 1 saturated carbocycles. The number of carbonyl (C=O) groups is 1. The Kier molecular flexibility index (Phi) is 5.53. The minimum absolute atomic E-state index is 0.0472. The summed E-state index contributed by atoms with van der Waals surface area (Å²) in [5.74, 6) is 0.612. The van der Waals surface area contributed by atoms with Crippen molar-refractivity contribution >= 4 is 5.91 Å². The smallest absolute Gasteiger partial charge is 0.274 e. The second kappa shape index (κ2) is 7.38. The predicted molar refractivity (Wildman–Crippen MR) is 82.3 cm³/mol. The number of unbranched alkanes of at least 4 members (excludes halogenated alkanes) is 1. The zero-order valence-corrected chi connectivity index (χ0v) is 13.0. The summed E-state index contributed by atoms with van der Waals surface area (Å²) in [7, 11) is 0. The van der Waals surface area contributed by atoms with Crippen LogP contribution in [0.4, 0.5) is 0 Å². The van der Waals surface area contributed by atoms with Crippen molar-refractivity contribution in [3.8, 4) is 0 Å². The molecule has 1 amide bonds. The van der Waals surface area contributed by atoms with Crippen LogP contribution in [0.1, 0.15) is 56.4 Å². The fourth-order valence-electron chi connectivity index (χ4n) is 2.35. The fourth-order valence-corrected chi connectivity index (χ4v) is 2.35. The first-order valence-corrected chi connectivity index (χ1v) is 8.03. The molecule has 1 aliphatic rings. The van der Waals surface area contributed by atoms with Gasteiger partial charge in [-0.1, -0.05) is 20.3 Å². The second-order valence-corrected chi connectivity index (χ2v) is 5.83. The van der Waals surface area contributed by atoms with Gasteiger partial charge in [0.05, 0.1) is 0 Å². The lowest BCUT2D eigenvalue weighted by Crippen LogP contribution is -2.36. The Hall–Kier alpha value is -1.65. The van der Waals surface area contributed by atoms with Gasteiger partial charge in [-0.15, -0.1) is 0 Å². The molecule has 0 aliphatic heterocycles. The first kappa shape index (κ1) is 15.7. The van der Waals surface area contributed by atoms with Crippen LogP contribution in [0.3, 0.4) is 0 Å². The van der Waals surface area contributed by atoms with Crippen LogP contribution in [0.2, 0.25) is 0 Å². The quantitative estimate of drug-likeness (QED) is 0.738. The molecule has 1 aliphatic carbocycles. The molecule has 0 unspecified atom stereocenters. The maximum atomic E-state index is 12.6. The van der Waals surface area contributed by atoms with Crippen LogP contribution < -0.4 is 5.56 Å². The van der Waals surface area contributed by atoms with Crippen molar-refractivity contribution in [2.45, 2.75) is 52.5 Å². The number of nitrogens with zero attached hydrogens (tertiary/aromatic N) is 3. The van der Waals surface area contributed by atoms with Gasteiger partial charge in [-0.2, -0.15) is 5.10 Å². The molecule has 0 atom stereocenters. The van der Waals surface area contributed by atoms with Crippen LogP contribution >= 0.6 is 0 Å². The lowest BCUT2D eigenvalue weighted by molar-refractivity contribution is 0.0738. The zero-order valence-electron chi connectivity index (χ0n) is 13.0. The van der Waals surface area contributed by atoms with Crippen molar-refractivity contribution in [2.75, 3.05) is 13.1 Å². The summed E-state index contributed by atoms with van der Waals surface area (Å²) in [6.07, 6.45) is 5.27. The molecule has 0 N–H and O–H groups in total. The molecule has 1 heterocycles. The third-order valence-corrected chi connectivity index (χ3v) is 3.77. The monoisotopic (exact) mass is 291 g/mol. The molecule has 0 saturated heterocycles. The van der Waals surface area contributed by atoms with Gasteiger partial charge >= 0.3 is 0 Å². The Labute approximate surface area is 126 Å². The second-order valence-electron chi connectivity index (χ2n) is 5.83. The van der Waals surface area contributed by atoms with Crippen LogP contribution in [0.25, 0.3) is 0 Å². The van der Waals surface area contributed by atoms with Crippen molar-refractivity contribution in [1.82, 2.24) is 14.7 Å². The van der Waals surface area contributed by atoms with Gasteiger partial charge in [-0.3, -0.25) is 9.59 Å². The third kappa shape index (κ3) is 4.41. The van der Waals surface area contributed by atoms with Gasteiger partial charge in [0.1, 0.15) is 5.69 Å². The van der Waals surface area contributed by atoms with Gasteiger partial charge in [0.25, 0.3) is 11.5 Å². The fraction of sp³-hybridized carbons (Fsp3) is 0.688. The van der Waals surface area contributed by atoms with E-state index < -0.39 is 0 Å². The third-order valence-electron chi connectivity index (χ3n) is 3.77. The summed E-state index contributed by atoms with van der Waals surface area (Å²) < 4.78 is 1.41. The standard InChI is InChI=1S/C16H25N3O2/c1-3-5-11-19-15(20)9-8-14(17-19)16(21)18(10-4-2)12-13-6-7-13/h8-9,13H,3-7,10-12H2,1-2H3. The molecule has 5 heteroatoms. The van der Waals surface area contributed by atoms with Gasteiger partial charge in [0.15, 0.2) is 0 Å². The maximum absolute atomic E-state index is 12.6. The minimum atomic E-state index is -0.135. The van der Waals surface area contributed by atoms with E-state index in [9.17, 15) is 9.59 Å². The number of aromatic nitrogens is 2. The van der Waals surface area contributed by atoms with Crippen LogP contribution in [-0.4, -0.2) is 33.7 Å². The summed E-state index contributed by atoms with van der Waals surface area (Å²) >= 11 is 0. The summed E-state index contributed by atoms with van der Waals surface area (Å²) in [4.78, 5) is 26.2. The molecule has 1 fully saturated rings. The van der Waals surface area contributed by atoms with E-state index in [1.165, 1.54) is 23.6 Å². The van der Waals surface area contributed by atoms with E-state index >= 15 is 0 Å². The Morgan fingerprint density at radius 2 is 2.10 bits per heavy atom. The van der Waals surface area contributed by atoms with Gasteiger partial charge in [0.2, 0.25) is 0 Å². The number of hydrogen-bond acceptors (Lipinski definition) is 3. The molecular formula is C16H25N3O2. The van der Waals surface area contributed by atoms with E-state index in [-0.39, 0.29) is 11.5 Å². The summed E-state index contributed by atoms with van der Waals surface area (Å²) in [5.41, 5.74) is 0.254.